The van der Waals surface area contributed by atoms with E-state index in [9.17, 15) is 24.0 Å². The van der Waals surface area contributed by atoms with Gasteiger partial charge in [-0.15, -0.1) is 0 Å². The second-order valence-electron chi connectivity index (χ2n) is 2.57. The minimum absolute atomic E-state index is 0. The first-order chi connectivity index (χ1) is 6.12. The molecule has 0 aromatic rings. The minimum Gasteiger partial charge on any atom is -0.776 e. The average molecular weight is 260 g/mol. The zero-order valence-electron chi connectivity index (χ0n) is 10.00. The molecule has 0 rings (SSSR count). The van der Waals surface area contributed by atoms with E-state index in [1.807, 2.05) is 0 Å². The van der Waals surface area contributed by atoms with Crippen LogP contribution in [0.2, 0.25) is 0 Å². The molecule has 0 aromatic carbocycles. The molecular formula is C5H12Li2O7P2. The van der Waals surface area contributed by atoms with Crippen molar-refractivity contribution >= 4 is 15.2 Å². The van der Waals surface area contributed by atoms with E-state index in [0.717, 1.165) is 7.11 Å². The average Bonchev–Trinajstić information content (AvgIpc) is 2.03. The molecule has 0 aliphatic carbocycles. The molecule has 0 amide bonds. The maximum Gasteiger partial charge on any atom is 1.00 e. The predicted molar refractivity (Wildman–Crippen MR) is 44.5 cm³/mol. The van der Waals surface area contributed by atoms with Gasteiger partial charge >= 0.3 is 37.7 Å². The van der Waals surface area contributed by atoms with E-state index < -0.39 is 20.3 Å². The summed E-state index contributed by atoms with van der Waals surface area (Å²) in [5.74, 6) is 0. The largest absolute Gasteiger partial charge is 1.00 e. The topological polar surface area (TPSA) is 119 Å². The Labute approximate surface area is 118 Å². The van der Waals surface area contributed by atoms with Gasteiger partial charge < -0.3 is 33.1 Å². The third-order valence-electron chi connectivity index (χ3n) is 1.58. The van der Waals surface area contributed by atoms with E-state index in [-0.39, 0.29) is 44.3 Å². The van der Waals surface area contributed by atoms with Crippen molar-refractivity contribution in [3.05, 3.63) is 0 Å². The van der Waals surface area contributed by atoms with E-state index in [2.05, 4.69) is 9.05 Å². The van der Waals surface area contributed by atoms with E-state index in [0.29, 0.717) is 6.92 Å². The van der Waals surface area contributed by atoms with Gasteiger partial charge in [0.25, 0.3) is 0 Å². The summed E-state index contributed by atoms with van der Waals surface area (Å²) in [4.78, 5) is 22.2. The van der Waals surface area contributed by atoms with Crippen molar-refractivity contribution in [2.75, 3.05) is 13.7 Å². The predicted octanol–water partition coefficient (Wildman–Crippen LogP) is -6.55. The maximum absolute atomic E-state index is 11.2. The van der Waals surface area contributed by atoms with Crippen LogP contribution < -0.4 is 47.5 Å². The quantitative estimate of drug-likeness (QED) is 0.385. The van der Waals surface area contributed by atoms with Crippen molar-refractivity contribution in [1.82, 2.24) is 0 Å². The molecule has 0 saturated heterocycles. The molecule has 0 aliphatic heterocycles. The standard InChI is InChI=1S/C5H14O7P2.2Li/c1-4-12-14(9,10)5(2,6)13(7,8)11-3;;/h6H,4H2,1-3H3,(H,7,8)(H,9,10);;/q;2*+1/p-2. The molecule has 3 unspecified atom stereocenters. The van der Waals surface area contributed by atoms with Gasteiger partial charge in [-0.05, 0) is 13.8 Å². The van der Waals surface area contributed by atoms with Crippen LogP contribution in [0.25, 0.3) is 0 Å². The van der Waals surface area contributed by atoms with Crippen LogP contribution in [-0.4, -0.2) is 23.9 Å². The van der Waals surface area contributed by atoms with E-state index in [4.69, 9.17) is 0 Å². The van der Waals surface area contributed by atoms with Crippen LogP contribution in [0.15, 0.2) is 0 Å². The van der Waals surface area contributed by atoms with Crippen LogP contribution in [0, 0.1) is 0 Å². The second-order valence-corrected chi connectivity index (χ2v) is 7.27. The Morgan fingerprint density at radius 3 is 1.88 bits per heavy atom. The molecule has 0 aliphatic rings. The van der Waals surface area contributed by atoms with Crippen molar-refractivity contribution in [2.45, 2.75) is 18.9 Å². The Morgan fingerprint density at radius 2 is 1.62 bits per heavy atom. The minimum atomic E-state index is -4.93. The van der Waals surface area contributed by atoms with Gasteiger partial charge in [0.2, 0.25) is 0 Å². The fraction of sp³-hybridized carbons (Fsp3) is 1.00. The first-order valence-corrected chi connectivity index (χ1v) is 6.76. The fourth-order valence-corrected chi connectivity index (χ4v) is 3.16. The van der Waals surface area contributed by atoms with Gasteiger partial charge in [-0.2, -0.15) is 0 Å². The summed E-state index contributed by atoms with van der Waals surface area (Å²) in [6.45, 7) is 1.68. The molecule has 0 heterocycles. The van der Waals surface area contributed by atoms with Gasteiger partial charge in [-0.1, -0.05) is 0 Å². The Hall–Kier alpha value is 1.45. The van der Waals surface area contributed by atoms with Crippen LogP contribution in [-0.2, 0) is 18.2 Å². The SMILES string of the molecule is CCOP(=O)([O-])C(C)(O)P(=O)([O-])OC.[Li+].[Li+]. The number of hydrogen-bond donors (Lipinski definition) is 1. The molecule has 0 bridgehead atoms. The Morgan fingerprint density at radius 1 is 1.25 bits per heavy atom. The summed E-state index contributed by atoms with van der Waals surface area (Å²) in [6.07, 6.45) is 0. The number of aliphatic hydroxyl groups is 1. The van der Waals surface area contributed by atoms with Crippen molar-refractivity contribution < 1.29 is 70.8 Å². The zero-order chi connectivity index (χ0) is 11.6. The third kappa shape index (κ3) is 4.61. The van der Waals surface area contributed by atoms with Gasteiger partial charge in [-0.3, -0.25) is 0 Å². The Kier molecular flexibility index (Phi) is 11.0. The van der Waals surface area contributed by atoms with Crippen LogP contribution in [0.4, 0.5) is 0 Å². The van der Waals surface area contributed by atoms with E-state index in [1.54, 1.807) is 0 Å². The summed E-state index contributed by atoms with van der Waals surface area (Å²) < 4.78 is 30.3. The molecule has 7 nitrogen and oxygen atoms in total. The van der Waals surface area contributed by atoms with Crippen LogP contribution >= 0.6 is 15.2 Å². The molecular weight excluding hydrogens is 248 g/mol. The molecule has 16 heavy (non-hydrogen) atoms. The van der Waals surface area contributed by atoms with Crippen molar-refractivity contribution in [3.8, 4) is 0 Å². The van der Waals surface area contributed by atoms with Crippen LogP contribution in [0.1, 0.15) is 13.8 Å². The zero-order valence-corrected chi connectivity index (χ0v) is 11.8. The summed E-state index contributed by atoms with van der Waals surface area (Å²) >= 11 is 0. The van der Waals surface area contributed by atoms with Crippen molar-refractivity contribution in [3.63, 3.8) is 0 Å². The number of rotatable bonds is 5. The Bertz CT molecular complexity index is 295. The summed E-state index contributed by atoms with van der Waals surface area (Å²) in [7, 11) is -9.09. The third-order valence-corrected chi connectivity index (χ3v) is 6.20. The van der Waals surface area contributed by atoms with Crippen molar-refractivity contribution in [1.29, 1.82) is 0 Å². The first-order valence-electron chi connectivity index (χ1n) is 3.67. The number of hydrogen-bond acceptors (Lipinski definition) is 7. The summed E-state index contributed by atoms with van der Waals surface area (Å²) in [6, 6.07) is 0. The molecule has 3 atom stereocenters. The molecule has 0 aromatic heterocycles. The van der Waals surface area contributed by atoms with Gasteiger partial charge in [0.05, 0.1) is 6.61 Å². The molecule has 0 fully saturated rings. The maximum atomic E-state index is 11.2. The molecule has 1 N–H and O–H groups in total. The van der Waals surface area contributed by atoms with E-state index >= 15 is 0 Å². The smallest absolute Gasteiger partial charge is 0.776 e. The fourth-order valence-electron chi connectivity index (χ4n) is 0.615. The van der Waals surface area contributed by atoms with E-state index in [1.165, 1.54) is 6.92 Å². The van der Waals surface area contributed by atoms with Crippen LogP contribution in [0.3, 0.4) is 0 Å². The molecule has 0 radical (unpaired) electrons. The summed E-state index contributed by atoms with van der Waals surface area (Å²) in [5, 5.41) is 6.25. The molecule has 11 heteroatoms. The molecule has 0 saturated carbocycles. The Balaban J connectivity index is -0.000000845. The summed E-state index contributed by atoms with van der Waals surface area (Å²) in [5.41, 5.74) is 0. The van der Waals surface area contributed by atoms with Crippen LogP contribution in [0.5, 0.6) is 0 Å². The normalized spacial score (nSPS) is 21.6. The van der Waals surface area contributed by atoms with Gasteiger partial charge in [0.15, 0.2) is 20.3 Å². The molecule has 0 spiro atoms. The second kappa shape index (κ2) is 7.79. The van der Waals surface area contributed by atoms with Gasteiger partial charge in [-0.25, -0.2) is 0 Å². The molecule has 86 valence electrons. The van der Waals surface area contributed by atoms with Gasteiger partial charge in [0.1, 0.15) is 0 Å². The van der Waals surface area contributed by atoms with Crippen molar-refractivity contribution in [2.24, 2.45) is 0 Å². The first kappa shape index (κ1) is 22.6. The van der Waals surface area contributed by atoms with Gasteiger partial charge in [0, 0.05) is 7.11 Å². The monoisotopic (exact) mass is 260 g/mol.